The van der Waals surface area contributed by atoms with Crippen molar-refractivity contribution in [2.24, 2.45) is 0 Å². The summed E-state index contributed by atoms with van der Waals surface area (Å²) in [6.45, 7) is 5.37. The average molecular weight is 316 g/mol. The second kappa shape index (κ2) is 6.45. The number of nitrogens with zero attached hydrogens (tertiary/aromatic N) is 4. The van der Waals surface area contributed by atoms with Crippen LogP contribution in [0.4, 0.5) is 0 Å². The Morgan fingerprint density at radius 3 is 3.04 bits per heavy atom. The first kappa shape index (κ1) is 15.6. The van der Waals surface area contributed by atoms with E-state index in [-0.39, 0.29) is 17.5 Å². The van der Waals surface area contributed by atoms with E-state index in [4.69, 9.17) is 4.52 Å². The fraction of sp³-hybridized carbons (Fsp3) is 0.500. The van der Waals surface area contributed by atoms with Crippen molar-refractivity contribution in [2.45, 2.75) is 45.2 Å². The molecule has 3 rings (SSSR count). The van der Waals surface area contributed by atoms with Gasteiger partial charge in [-0.3, -0.25) is 9.88 Å². The van der Waals surface area contributed by atoms with E-state index >= 15 is 0 Å². The van der Waals surface area contributed by atoms with Crippen LogP contribution in [0.1, 0.15) is 66.4 Å². The molecule has 0 aromatic carbocycles. The smallest absolute Gasteiger partial charge is 0.337 e. The van der Waals surface area contributed by atoms with E-state index in [0.717, 1.165) is 19.4 Å². The number of hydrogen-bond acceptors (Lipinski definition) is 6. The normalized spacial score (nSPS) is 18.7. The number of pyridine rings is 1. The van der Waals surface area contributed by atoms with Gasteiger partial charge in [0.05, 0.1) is 17.3 Å². The van der Waals surface area contributed by atoms with Crippen molar-refractivity contribution in [3.63, 3.8) is 0 Å². The predicted octanol–water partition coefficient (Wildman–Crippen LogP) is 2.62. The maximum Gasteiger partial charge on any atom is 0.337 e. The lowest BCUT2D eigenvalue weighted by atomic mass is 10.1. The highest BCUT2D eigenvalue weighted by molar-refractivity contribution is 5.88. The van der Waals surface area contributed by atoms with Crippen LogP contribution in [-0.4, -0.2) is 37.6 Å². The Kier molecular flexibility index (Phi) is 4.38. The molecule has 0 unspecified atom stereocenters. The van der Waals surface area contributed by atoms with Crippen molar-refractivity contribution in [3.05, 3.63) is 41.3 Å². The van der Waals surface area contributed by atoms with Gasteiger partial charge in [0.1, 0.15) is 0 Å². The third-order valence-corrected chi connectivity index (χ3v) is 4.10. The molecule has 2 aromatic heterocycles. The lowest BCUT2D eigenvalue weighted by Crippen LogP contribution is -2.25. The SMILES string of the molecule is CC(C)c1noc([C@@H]2CCCN2Cc2ncccc2C(=O)O)n1. The molecule has 1 fully saturated rings. The minimum absolute atomic E-state index is 0.0265. The first-order chi connectivity index (χ1) is 11.1. The zero-order valence-corrected chi connectivity index (χ0v) is 13.3. The first-order valence-electron chi connectivity index (χ1n) is 7.81. The van der Waals surface area contributed by atoms with Gasteiger partial charge in [0.2, 0.25) is 5.89 Å². The van der Waals surface area contributed by atoms with E-state index in [1.807, 2.05) is 13.8 Å². The molecule has 1 N–H and O–H groups in total. The summed E-state index contributed by atoms with van der Waals surface area (Å²) in [6, 6.07) is 3.25. The molecule has 7 heteroatoms. The van der Waals surface area contributed by atoms with Gasteiger partial charge in [-0.25, -0.2) is 4.79 Å². The van der Waals surface area contributed by atoms with E-state index in [1.54, 1.807) is 18.3 Å². The Labute approximate surface area is 134 Å². The van der Waals surface area contributed by atoms with Crippen LogP contribution >= 0.6 is 0 Å². The third-order valence-electron chi connectivity index (χ3n) is 4.10. The van der Waals surface area contributed by atoms with Gasteiger partial charge >= 0.3 is 5.97 Å². The van der Waals surface area contributed by atoms with Gasteiger partial charge in [0.15, 0.2) is 5.82 Å². The van der Waals surface area contributed by atoms with E-state index in [0.29, 0.717) is 24.0 Å². The van der Waals surface area contributed by atoms with Gasteiger partial charge in [0, 0.05) is 18.7 Å². The number of carboxylic acids is 1. The van der Waals surface area contributed by atoms with E-state index in [9.17, 15) is 9.90 Å². The Hall–Kier alpha value is -2.28. The molecule has 1 aliphatic heterocycles. The van der Waals surface area contributed by atoms with Crippen molar-refractivity contribution >= 4 is 5.97 Å². The summed E-state index contributed by atoms with van der Waals surface area (Å²) < 4.78 is 5.42. The Morgan fingerprint density at radius 1 is 1.52 bits per heavy atom. The van der Waals surface area contributed by atoms with Gasteiger partial charge in [-0.1, -0.05) is 19.0 Å². The topological polar surface area (TPSA) is 92.4 Å². The first-order valence-corrected chi connectivity index (χ1v) is 7.81. The molecule has 0 amide bonds. The fourth-order valence-electron chi connectivity index (χ4n) is 2.86. The largest absolute Gasteiger partial charge is 0.478 e. The zero-order valence-electron chi connectivity index (χ0n) is 13.3. The summed E-state index contributed by atoms with van der Waals surface area (Å²) in [5.74, 6) is 0.579. The molecule has 7 nitrogen and oxygen atoms in total. The molecule has 122 valence electrons. The molecule has 1 atom stereocenters. The lowest BCUT2D eigenvalue weighted by Gasteiger charge is -2.21. The average Bonchev–Trinajstić information content (AvgIpc) is 3.16. The van der Waals surface area contributed by atoms with Crippen molar-refractivity contribution in [1.82, 2.24) is 20.0 Å². The summed E-state index contributed by atoms with van der Waals surface area (Å²) in [6.07, 6.45) is 3.56. The predicted molar refractivity (Wildman–Crippen MR) is 82.0 cm³/mol. The van der Waals surface area contributed by atoms with Crippen LogP contribution in [0.3, 0.4) is 0 Å². The number of rotatable bonds is 5. The van der Waals surface area contributed by atoms with Crippen LogP contribution in [0.5, 0.6) is 0 Å². The molecule has 0 aliphatic carbocycles. The van der Waals surface area contributed by atoms with Gasteiger partial charge in [-0.05, 0) is 31.5 Å². The number of hydrogen-bond donors (Lipinski definition) is 1. The highest BCUT2D eigenvalue weighted by atomic mass is 16.5. The molecule has 2 aromatic rings. The van der Waals surface area contributed by atoms with Crippen molar-refractivity contribution in [1.29, 1.82) is 0 Å². The quantitative estimate of drug-likeness (QED) is 0.906. The summed E-state index contributed by atoms with van der Waals surface area (Å²) in [5, 5.41) is 13.3. The second-order valence-electron chi connectivity index (χ2n) is 6.08. The van der Waals surface area contributed by atoms with Crippen LogP contribution in [-0.2, 0) is 6.54 Å². The Morgan fingerprint density at radius 2 is 2.35 bits per heavy atom. The number of aromatic nitrogens is 3. The molecular formula is C16H20N4O3. The highest BCUT2D eigenvalue weighted by Crippen LogP contribution is 2.32. The second-order valence-corrected chi connectivity index (χ2v) is 6.08. The van der Waals surface area contributed by atoms with Gasteiger partial charge in [-0.2, -0.15) is 4.98 Å². The van der Waals surface area contributed by atoms with Crippen molar-refractivity contribution < 1.29 is 14.4 Å². The molecule has 0 saturated carbocycles. The molecule has 1 aliphatic rings. The maximum atomic E-state index is 11.3. The maximum absolute atomic E-state index is 11.3. The van der Waals surface area contributed by atoms with Crippen LogP contribution in [0.25, 0.3) is 0 Å². The van der Waals surface area contributed by atoms with Gasteiger partial charge in [-0.15, -0.1) is 0 Å². The van der Waals surface area contributed by atoms with E-state index in [2.05, 4.69) is 20.0 Å². The Balaban J connectivity index is 1.81. The fourth-order valence-corrected chi connectivity index (χ4v) is 2.86. The van der Waals surface area contributed by atoms with Crippen molar-refractivity contribution in [3.8, 4) is 0 Å². The number of likely N-dealkylation sites (tertiary alicyclic amines) is 1. The minimum Gasteiger partial charge on any atom is -0.478 e. The summed E-state index contributed by atoms with van der Waals surface area (Å²) in [5.41, 5.74) is 0.807. The molecule has 3 heterocycles. The van der Waals surface area contributed by atoms with Crippen LogP contribution in [0.2, 0.25) is 0 Å². The number of carbonyl (C=O) groups is 1. The monoisotopic (exact) mass is 316 g/mol. The summed E-state index contributed by atoms with van der Waals surface area (Å²) >= 11 is 0. The third kappa shape index (κ3) is 3.24. The molecule has 1 saturated heterocycles. The molecule has 0 bridgehead atoms. The molecule has 0 radical (unpaired) electrons. The van der Waals surface area contributed by atoms with Crippen molar-refractivity contribution in [2.75, 3.05) is 6.54 Å². The van der Waals surface area contributed by atoms with E-state index < -0.39 is 5.97 Å². The Bertz CT molecular complexity index is 698. The van der Waals surface area contributed by atoms with Crippen LogP contribution < -0.4 is 0 Å². The summed E-state index contributed by atoms with van der Waals surface area (Å²) in [4.78, 5) is 22.2. The zero-order chi connectivity index (χ0) is 16.4. The number of aromatic carboxylic acids is 1. The standard InChI is InChI=1S/C16H20N4O3/c1-10(2)14-18-15(23-19-14)13-6-4-8-20(13)9-12-11(16(21)22)5-3-7-17-12/h3,5,7,10,13H,4,6,8-9H2,1-2H3,(H,21,22)/t13-/m0/s1. The van der Waals surface area contributed by atoms with Gasteiger partial charge in [0.25, 0.3) is 0 Å². The summed E-state index contributed by atoms with van der Waals surface area (Å²) in [7, 11) is 0. The molecule has 23 heavy (non-hydrogen) atoms. The van der Waals surface area contributed by atoms with E-state index in [1.165, 1.54) is 0 Å². The number of carboxylic acid groups (broad SMARTS) is 1. The van der Waals surface area contributed by atoms with Gasteiger partial charge < -0.3 is 9.63 Å². The minimum atomic E-state index is -0.955. The lowest BCUT2D eigenvalue weighted by molar-refractivity contribution is 0.0693. The highest BCUT2D eigenvalue weighted by Gasteiger charge is 2.32. The molecule has 0 spiro atoms. The molecular weight excluding hydrogens is 296 g/mol. The van der Waals surface area contributed by atoms with Crippen LogP contribution in [0, 0.1) is 0 Å². The van der Waals surface area contributed by atoms with Crippen LogP contribution in [0.15, 0.2) is 22.9 Å².